The van der Waals surface area contributed by atoms with E-state index in [1.54, 1.807) is 0 Å². The molecule has 2 aromatic rings. The molecule has 0 fully saturated rings. The van der Waals surface area contributed by atoms with Gasteiger partial charge in [0, 0.05) is 25.3 Å². The van der Waals surface area contributed by atoms with Gasteiger partial charge in [-0.2, -0.15) is 0 Å². The second-order valence-corrected chi connectivity index (χ2v) is 5.42. The quantitative estimate of drug-likeness (QED) is 0.850. The smallest absolute Gasteiger partial charge is 0.0317 e. The molecule has 98 valence electrons. The van der Waals surface area contributed by atoms with Crippen molar-refractivity contribution in [3.8, 4) is 0 Å². The predicted octanol–water partition coefficient (Wildman–Crippen LogP) is 3.14. The van der Waals surface area contributed by atoms with Crippen LogP contribution in [0.4, 0.5) is 5.69 Å². The maximum Gasteiger partial charge on any atom is 0.0317 e. The molecule has 0 aromatic heterocycles. The van der Waals surface area contributed by atoms with Gasteiger partial charge < -0.3 is 5.73 Å². The highest BCUT2D eigenvalue weighted by atomic mass is 15.1. The molecule has 0 radical (unpaired) electrons. The van der Waals surface area contributed by atoms with Gasteiger partial charge in [-0.25, -0.2) is 0 Å². The Labute approximate surface area is 114 Å². The maximum atomic E-state index is 5.84. The van der Waals surface area contributed by atoms with E-state index >= 15 is 0 Å². The van der Waals surface area contributed by atoms with Crippen LogP contribution in [-0.4, -0.2) is 11.4 Å². The number of hydrogen-bond donors (Lipinski definition) is 1. The Bertz CT molecular complexity index is 590. The van der Waals surface area contributed by atoms with Gasteiger partial charge in [0.05, 0.1) is 0 Å². The average molecular weight is 252 g/mol. The molecule has 2 heteroatoms. The van der Waals surface area contributed by atoms with Crippen LogP contribution in [0, 0.1) is 6.92 Å². The van der Waals surface area contributed by atoms with Crippen molar-refractivity contribution < 1.29 is 0 Å². The van der Waals surface area contributed by atoms with Gasteiger partial charge in [0.15, 0.2) is 0 Å². The summed E-state index contributed by atoms with van der Waals surface area (Å²) in [5, 5.41) is 0. The number of anilines is 1. The highest BCUT2D eigenvalue weighted by Crippen LogP contribution is 2.24. The number of hydrogen-bond acceptors (Lipinski definition) is 2. The summed E-state index contributed by atoms with van der Waals surface area (Å²) in [5.74, 6) is 0. The fourth-order valence-corrected chi connectivity index (χ4v) is 2.81. The molecule has 0 saturated carbocycles. The molecule has 2 nitrogen and oxygen atoms in total. The van der Waals surface area contributed by atoms with Crippen LogP contribution in [0.15, 0.2) is 42.5 Å². The van der Waals surface area contributed by atoms with Crippen LogP contribution in [0.5, 0.6) is 0 Å². The third kappa shape index (κ3) is 2.64. The summed E-state index contributed by atoms with van der Waals surface area (Å²) in [6, 6.07) is 14.9. The SMILES string of the molecule is Cc1ccccc1CCN1Cc2ccc(N)cc2C1. The first-order valence-electron chi connectivity index (χ1n) is 6.86. The highest BCUT2D eigenvalue weighted by molar-refractivity contribution is 5.46. The van der Waals surface area contributed by atoms with E-state index < -0.39 is 0 Å². The van der Waals surface area contributed by atoms with Gasteiger partial charge in [-0.15, -0.1) is 0 Å². The van der Waals surface area contributed by atoms with Crippen LogP contribution < -0.4 is 5.73 Å². The molecule has 19 heavy (non-hydrogen) atoms. The molecule has 1 heterocycles. The van der Waals surface area contributed by atoms with E-state index in [1.165, 1.54) is 22.3 Å². The second kappa shape index (κ2) is 5.06. The monoisotopic (exact) mass is 252 g/mol. The van der Waals surface area contributed by atoms with Gasteiger partial charge in [-0.05, 0) is 47.7 Å². The number of nitrogen functional groups attached to an aromatic ring is 1. The zero-order chi connectivity index (χ0) is 13.2. The van der Waals surface area contributed by atoms with Crippen LogP contribution >= 0.6 is 0 Å². The summed E-state index contributed by atoms with van der Waals surface area (Å²) in [4.78, 5) is 2.50. The van der Waals surface area contributed by atoms with E-state index in [-0.39, 0.29) is 0 Å². The van der Waals surface area contributed by atoms with Gasteiger partial charge in [0.25, 0.3) is 0 Å². The fraction of sp³-hybridized carbons (Fsp3) is 0.294. The van der Waals surface area contributed by atoms with Crippen molar-refractivity contribution in [1.29, 1.82) is 0 Å². The average Bonchev–Trinajstić information content (AvgIpc) is 2.79. The van der Waals surface area contributed by atoms with Crippen LogP contribution in [0.2, 0.25) is 0 Å². The van der Waals surface area contributed by atoms with Crippen LogP contribution in [0.25, 0.3) is 0 Å². The Morgan fingerprint density at radius 3 is 2.68 bits per heavy atom. The topological polar surface area (TPSA) is 29.3 Å². The Balaban J connectivity index is 1.63. The van der Waals surface area contributed by atoms with Crippen LogP contribution in [0.3, 0.4) is 0 Å². The first kappa shape index (κ1) is 12.2. The molecular formula is C17H20N2. The third-order valence-electron chi connectivity index (χ3n) is 3.98. The Morgan fingerprint density at radius 1 is 1.05 bits per heavy atom. The van der Waals surface area contributed by atoms with Gasteiger partial charge >= 0.3 is 0 Å². The number of fused-ring (bicyclic) bond motifs is 1. The number of benzene rings is 2. The van der Waals surface area contributed by atoms with E-state index in [0.717, 1.165) is 31.7 Å². The first-order chi connectivity index (χ1) is 9.22. The van der Waals surface area contributed by atoms with Gasteiger partial charge in [-0.1, -0.05) is 30.3 Å². The van der Waals surface area contributed by atoms with Gasteiger partial charge in [-0.3, -0.25) is 4.90 Å². The zero-order valence-electron chi connectivity index (χ0n) is 11.4. The molecule has 0 aliphatic carbocycles. The minimum Gasteiger partial charge on any atom is -0.399 e. The Kier molecular flexibility index (Phi) is 3.26. The van der Waals surface area contributed by atoms with E-state index in [0.29, 0.717) is 0 Å². The lowest BCUT2D eigenvalue weighted by Crippen LogP contribution is -2.19. The fourth-order valence-electron chi connectivity index (χ4n) is 2.81. The highest BCUT2D eigenvalue weighted by Gasteiger charge is 2.18. The van der Waals surface area contributed by atoms with E-state index in [1.807, 2.05) is 6.07 Å². The lowest BCUT2D eigenvalue weighted by Gasteiger charge is -2.15. The normalized spacial score (nSPS) is 14.6. The number of nitrogens with two attached hydrogens (primary N) is 1. The minimum absolute atomic E-state index is 0.875. The number of nitrogens with zero attached hydrogens (tertiary/aromatic N) is 1. The second-order valence-electron chi connectivity index (χ2n) is 5.42. The Hall–Kier alpha value is -1.80. The molecule has 0 spiro atoms. The molecule has 0 saturated heterocycles. The van der Waals surface area contributed by atoms with Gasteiger partial charge in [0.2, 0.25) is 0 Å². The number of aryl methyl sites for hydroxylation is 1. The summed E-state index contributed by atoms with van der Waals surface area (Å²) in [6.45, 7) is 5.39. The lowest BCUT2D eigenvalue weighted by molar-refractivity contribution is 0.288. The standard InChI is InChI=1S/C17H20N2/c1-13-4-2-3-5-14(13)8-9-19-11-15-6-7-17(18)10-16(15)12-19/h2-7,10H,8-9,11-12,18H2,1H3. The largest absolute Gasteiger partial charge is 0.399 e. The van der Waals surface area contributed by atoms with Crippen molar-refractivity contribution in [2.45, 2.75) is 26.4 Å². The summed E-state index contributed by atoms with van der Waals surface area (Å²) < 4.78 is 0. The molecule has 0 atom stereocenters. The summed E-state index contributed by atoms with van der Waals surface area (Å²) >= 11 is 0. The summed E-state index contributed by atoms with van der Waals surface area (Å²) in [6.07, 6.45) is 1.12. The zero-order valence-corrected chi connectivity index (χ0v) is 11.4. The van der Waals surface area contributed by atoms with Crippen molar-refractivity contribution in [2.75, 3.05) is 12.3 Å². The maximum absolute atomic E-state index is 5.84. The molecule has 2 aromatic carbocycles. The lowest BCUT2D eigenvalue weighted by atomic mass is 10.1. The van der Waals surface area contributed by atoms with Crippen molar-refractivity contribution in [2.24, 2.45) is 0 Å². The third-order valence-corrected chi connectivity index (χ3v) is 3.98. The van der Waals surface area contributed by atoms with Gasteiger partial charge in [0.1, 0.15) is 0 Å². The predicted molar refractivity (Wildman–Crippen MR) is 79.9 cm³/mol. The summed E-state index contributed by atoms with van der Waals surface area (Å²) in [5.41, 5.74) is 12.4. The van der Waals surface area contributed by atoms with Crippen molar-refractivity contribution in [3.05, 3.63) is 64.7 Å². The minimum atomic E-state index is 0.875. The molecule has 3 rings (SSSR count). The van der Waals surface area contributed by atoms with E-state index in [9.17, 15) is 0 Å². The van der Waals surface area contributed by atoms with E-state index in [2.05, 4.69) is 48.2 Å². The van der Waals surface area contributed by atoms with Crippen molar-refractivity contribution in [1.82, 2.24) is 4.90 Å². The molecule has 2 N–H and O–H groups in total. The summed E-state index contributed by atoms with van der Waals surface area (Å²) in [7, 11) is 0. The first-order valence-corrected chi connectivity index (χ1v) is 6.86. The Morgan fingerprint density at radius 2 is 1.84 bits per heavy atom. The van der Waals surface area contributed by atoms with E-state index in [4.69, 9.17) is 5.73 Å². The molecule has 0 bridgehead atoms. The molecule has 0 amide bonds. The van der Waals surface area contributed by atoms with Crippen LogP contribution in [-0.2, 0) is 19.5 Å². The van der Waals surface area contributed by atoms with Crippen molar-refractivity contribution in [3.63, 3.8) is 0 Å². The van der Waals surface area contributed by atoms with Crippen LogP contribution in [0.1, 0.15) is 22.3 Å². The molecule has 1 aliphatic rings. The van der Waals surface area contributed by atoms with Crippen molar-refractivity contribution >= 4 is 5.69 Å². The molecule has 1 aliphatic heterocycles. The number of rotatable bonds is 3. The molecular weight excluding hydrogens is 232 g/mol. The molecule has 0 unspecified atom stereocenters.